The highest BCUT2D eigenvalue weighted by atomic mass is 35.5. The maximum Gasteiger partial charge on any atom is 0.260 e. The number of hydrogen-bond acceptors (Lipinski definition) is 5. The summed E-state index contributed by atoms with van der Waals surface area (Å²) in [7, 11) is 1.43. The zero-order valence-electron chi connectivity index (χ0n) is 18.3. The molecule has 0 atom stereocenters. The number of carbonyl (C=O) groups is 1. The van der Waals surface area contributed by atoms with Gasteiger partial charge in [-0.2, -0.15) is 0 Å². The van der Waals surface area contributed by atoms with Crippen LogP contribution >= 0.6 is 23.2 Å². The number of aliphatic hydroxyl groups excluding tert-OH is 1. The number of fused-ring (bicyclic) bond motifs is 1. The molecule has 0 bridgehead atoms. The van der Waals surface area contributed by atoms with Crippen molar-refractivity contribution in [2.45, 2.75) is 20.3 Å². The summed E-state index contributed by atoms with van der Waals surface area (Å²) in [6.45, 7) is 4.14. The molecule has 2 N–H and O–H groups in total. The van der Waals surface area contributed by atoms with E-state index in [0.29, 0.717) is 22.2 Å². The zero-order chi connectivity index (χ0) is 23.7. The van der Waals surface area contributed by atoms with E-state index in [1.807, 2.05) is 24.3 Å². The largest absolute Gasteiger partial charge is 0.504 e. The van der Waals surface area contributed by atoms with Crippen LogP contribution in [0, 0.1) is 0 Å². The van der Waals surface area contributed by atoms with Gasteiger partial charge in [-0.1, -0.05) is 41.4 Å². The normalized spacial score (nSPS) is 14.0. The standard InChI is InChI=1S/C25H22Cl2N2O4/c1-13(2)16(8-9-26)14-4-6-15(7-5-14)17-10-18-20(11-19(17)27)28-25(31)23(18)24(30)21-12-22(32-3)29-33-21/h4-7,10-12,30H,8-9H2,1-3H3,(H,28,31). The highest BCUT2D eigenvalue weighted by molar-refractivity contribution is 6.38. The van der Waals surface area contributed by atoms with Crippen molar-refractivity contribution in [1.82, 2.24) is 5.16 Å². The van der Waals surface area contributed by atoms with Crippen LogP contribution in [0.2, 0.25) is 5.02 Å². The van der Waals surface area contributed by atoms with E-state index in [4.69, 9.17) is 32.5 Å². The van der Waals surface area contributed by atoms with E-state index in [2.05, 4.69) is 24.3 Å². The van der Waals surface area contributed by atoms with E-state index < -0.39 is 5.91 Å². The molecule has 33 heavy (non-hydrogen) atoms. The van der Waals surface area contributed by atoms with Gasteiger partial charge in [-0.25, -0.2) is 0 Å². The topological polar surface area (TPSA) is 84.6 Å². The highest BCUT2D eigenvalue weighted by Gasteiger charge is 2.31. The van der Waals surface area contributed by atoms with Crippen molar-refractivity contribution < 1.29 is 19.2 Å². The average molecular weight is 485 g/mol. The first kappa shape index (κ1) is 23.0. The summed E-state index contributed by atoms with van der Waals surface area (Å²) >= 11 is 12.5. The molecule has 0 unspecified atom stereocenters. The Labute approximate surface area is 201 Å². The maximum absolute atomic E-state index is 12.6. The minimum absolute atomic E-state index is 0.0271. The van der Waals surface area contributed by atoms with Gasteiger partial charge in [0, 0.05) is 17.0 Å². The van der Waals surface area contributed by atoms with Crippen LogP contribution in [-0.2, 0) is 4.79 Å². The summed E-state index contributed by atoms with van der Waals surface area (Å²) in [5.74, 6) is -0.0252. The first-order chi connectivity index (χ1) is 15.8. The molecule has 4 rings (SSSR count). The van der Waals surface area contributed by atoms with Crippen LogP contribution in [0.4, 0.5) is 5.69 Å². The summed E-state index contributed by atoms with van der Waals surface area (Å²) in [6.07, 6.45) is 0.788. The third-order valence-electron chi connectivity index (χ3n) is 5.51. The van der Waals surface area contributed by atoms with Crippen molar-refractivity contribution in [3.63, 3.8) is 0 Å². The molecule has 0 saturated heterocycles. The number of methoxy groups -OCH3 is 1. The second-order valence-corrected chi connectivity index (χ2v) is 8.57. The molecule has 0 radical (unpaired) electrons. The van der Waals surface area contributed by atoms with Gasteiger partial charge in [0.15, 0.2) is 5.76 Å². The molecule has 0 fully saturated rings. The minimum atomic E-state index is -0.462. The Morgan fingerprint density at radius 2 is 1.88 bits per heavy atom. The van der Waals surface area contributed by atoms with Crippen LogP contribution in [0.1, 0.15) is 37.2 Å². The third kappa shape index (κ3) is 4.36. The molecule has 1 aliphatic heterocycles. The Morgan fingerprint density at radius 1 is 1.15 bits per heavy atom. The van der Waals surface area contributed by atoms with Gasteiger partial charge in [0.1, 0.15) is 0 Å². The van der Waals surface area contributed by atoms with Crippen molar-refractivity contribution in [1.29, 1.82) is 0 Å². The van der Waals surface area contributed by atoms with Crippen LogP contribution in [-0.4, -0.2) is 29.2 Å². The first-order valence-electron chi connectivity index (χ1n) is 10.3. The SMILES string of the molecule is COc1cc(C(O)=C2C(=O)Nc3cc(Cl)c(-c4ccc(C(CCCl)=C(C)C)cc4)cc32)on1. The molecular weight excluding hydrogens is 463 g/mol. The molecule has 0 aliphatic carbocycles. The molecule has 170 valence electrons. The van der Waals surface area contributed by atoms with Crippen molar-refractivity contribution in [2.75, 3.05) is 18.3 Å². The molecular formula is C25H22Cl2N2O4. The van der Waals surface area contributed by atoms with E-state index in [9.17, 15) is 9.90 Å². The Hall–Kier alpha value is -3.22. The number of nitrogens with zero attached hydrogens (tertiary/aromatic N) is 1. The lowest BCUT2D eigenvalue weighted by atomic mass is 9.94. The van der Waals surface area contributed by atoms with E-state index in [1.165, 1.54) is 24.3 Å². The highest BCUT2D eigenvalue weighted by Crippen LogP contribution is 2.42. The van der Waals surface area contributed by atoms with E-state index in [1.54, 1.807) is 12.1 Å². The van der Waals surface area contributed by atoms with Crippen LogP contribution in [0.3, 0.4) is 0 Å². The summed E-state index contributed by atoms with van der Waals surface area (Å²) in [6, 6.07) is 12.9. The number of benzene rings is 2. The lowest BCUT2D eigenvalue weighted by Crippen LogP contribution is -2.05. The Balaban J connectivity index is 1.77. The molecule has 1 aromatic heterocycles. The molecule has 6 nitrogen and oxygen atoms in total. The summed E-state index contributed by atoms with van der Waals surface area (Å²) in [5, 5.41) is 17.7. The number of rotatable bonds is 6. The number of anilines is 1. The van der Waals surface area contributed by atoms with Crippen LogP contribution in [0.5, 0.6) is 5.88 Å². The second-order valence-electron chi connectivity index (χ2n) is 7.78. The number of nitrogens with one attached hydrogen (secondary N) is 1. The van der Waals surface area contributed by atoms with Gasteiger partial charge in [0.05, 0.1) is 29.5 Å². The van der Waals surface area contributed by atoms with Crippen LogP contribution < -0.4 is 10.1 Å². The van der Waals surface area contributed by atoms with Gasteiger partial charge in [-0.05, 0) is 54.3 Å². The fourth-order valence-corrected chi connectivity index (χ4v) is 4.33. The van der Waals surface area contributed by atoms with Crippen molar-refractivity contribution in [2.24, 2.45) is 0 Å². The number of alkyl halides is 1. The summed E-state index contributed by atoms with van der Waals surface area (Å²) in [4.78, 5) is 12.6. The first-order valence-corrected chi connectivity index (χ1v) is 11.2. The molecule has 3 aromatic rings. The van der Waals surface area contributed by atoms with Gasteiger partial charge in [0.2, 0.25) is 5.76 Å². The predicted octanol–water partition coefficient (Wildman–Crippen LogP) is 6.80. The smallest absolute Gasteiger partial charge is 0.260 e. The summed E-state index contributed by atoms with van der Waals surface area (Å²) in [5.41, 5.74) is 6.25. The molecule has 1 amide bonds. The monoisotopic (exact) mass is 484 g/mol. The summed E-state index contributed by atoms with van der Waals surface area (Å²) < 4.78 is 10.1. The molecule has 2 aromatic carbocycles. The molecule has 0 saturated carbocycles. The van der Waals surface area contributed by atoms with Crippen LogP contribution in [0.15, 0.2) is 52.6 Å². The molecule has 1 aliphatic rings. The quantitative estimate of drug-likeness (QED) is 0.228. The average Bonchev–Trinajstić information content (AvgIpc) is 3.40. The molecule has 2 heterocycles. The van der Waals surface area contributed by atoms with Gasteiger partial charge in [0.25, 0.3) is 11.8 Å². The van der Waals surface area contributed by atoms with Crippen LogP contribution in [0.25, 0.3) is 28.0 Å². The number of allylic oxidation sites excluding steroid dienone is 2. The van der Waals surface area contributed by atoms with Gasteiger partial charge >= 0.3 is 0 Å². The number of ether oxygens (including phenoxy) is 1. The zero-order valence-corrected chi connectivity index (χ0v) is 19.8. The lowest BCUT2D eigenvalue weighted by molar-refractivity contribution is -0.110. The molecule has 0 spiro atoms. The van der Waals surface area contributed by atoms with Crippen molar-refractivity contribution >= 4 is 51.7 Å². The lowest BCUT2D eigenvalue weighted by Gasteiger charge is -2.12. The number of aliphatic hydroxyl groups is 1. The van der Waals surface area contributed by atoms with Gasteiger partial charge in [-0.3, -0.25) is 4.79 Å². The Kier molecular flexibility index (Phi) is 6.49. The van der Waals surface area contributed by atoms with E-state index in [0.717, 1.165) is 23.1 Å². The minimum Gasteiger partial charge on any atom is -0.504 e. The fraction of sp³-hybridized carbons (Fsp3) is 0.200. The van der Waals surface area contributed by atoms with Gasteiger partial charge < -0.3 is 19.7 Å². The maximum atomic E-state index is 12.6. The Morgan fingerprint density at radius 3 is 2.48 bits per heavy atom. The van der Waals surface area contributed by atoms with E-state index >= 15 is 0 Å². The fourth-order valence-electron chi connectivity index (χ4n) is 3.87. The molecule has 8 heteroatoms. The van der Waals surface area contributed by atoms with Crippen molar-refractivity contribution in [3.8, 4) is 17.0 Å². The number of amides is 1. The number of carbonyl (C=O) groups excluding carboxylic acids is 1. The number of aromatic nitrogens is 1. The van der Waals surface area contributed by atoms with E-state index in [-0.39, 0.29) is 23.0 Å². The second kappa shape index (κ2) is 9.33. The third-order valence-corrected chi connectivity index (χ3v) is 6.01. The van der Waals surface area contributed by atoms with Gasteiger partial charge in [-0.15, -0.1) is 11.6 Å². The number of halogens is 2. The Bertz CT molecular complexity index is 1290. The predicted molar refractivity (Wildman–Crippen MR) is 132 cm³/mol. The van der Waals surface area contributed by atoms with Crippen molar-refractivity contribution in [3.05, 3.63) is 69.9 Å². The number of hydrogen-bond donors (Lipinski definition) is 2.